The number of hydrogen-bond acceptors (Lipinski definition) is 3. The maximum absolute atomic E-state index is 10.4. The molecule has 4 nitrogen and oxygen atoms in total. The predicted molar refractivity (Wildman–Crippen MR) is 43.8 cm³/mol. The minimum Gasteiger partial charge on any atom is -0.383 e. The van der Waals surface area contributed by atoms with Crippen molar-refractivity contribution in [1.29, 1.82) is 0 Å². The summed E-state index contributed by atoms with van der Waals surface area (Å²) in [7, 11) is 0. The number of nitro groups is 1. The van der Waals surface area contributed by atoms with Crippen LogP contribution in [0.1, 0.15) is 6.42 Å². The molecule has 0 saturated carbocycles. The molecular weight excluding hydrogens is 156 g/mol. The van der Waals surface area contributed by atoms with Crippen molar-refractivity contribution in [2.45, 2.75) is 12.5 Å². The van der Waals surface area contributed by atoms with Gasteiger partial charge in [-0.1, -0.05) is 6.08 Å². The lowest BCUT2D eigenvalue weighted by Crippen LogP contribution is -2.25. The quantitative estimate of drug-likeness (QED) is 0.464. The molecule has 0 saturated heterocycles. The zero-order chi connectivity index (χ0) is 8.55. The highest BCUT2D eigenvalue weighted by Crippen LogP contribution is 2.23. The van der Waals surface area contributed by atoms with E-state index in [1.54, 1.807) is 12.2 Å². The second-order valence-corrected chi connectivity index (χ2v) is 2.84. The summed E-state index contributed by atoms with van der Waals surface area (Å²) in [4.78, 5) is 10.1. The van der Waals surface area contributed by atoms with Crippen LogP contribution in [0, 0.1) is 10.1 Å². The van der Waals surface area contributed by atoms with Gasteiger partial charge in [-0.3, -0.25) is 10.1 Å². The Bertz CT molecular complexity index is 315. The van der Waals surface area contributed by atoms with Crippen LogP contribution >= 0.6 is 0 Å². The second-order valence-electron chi connectivity index (χ2n) is 2.84. The number of hydrogen-bond donors (Lipinski definition) is 1. The van der Waals surface area contributed by atoms with Gasteiger partial charge in [-0.15, -0.1) is 0 Å². The number of rotatable bonds is 1. The Morgan fingerprint density at radius 3 is 3.17 bits per heavy atom. The Morgan fingerprint density at radius 1 is 1.58 bits per heavy atom. The van der Waals surface area contributed by atoms with Gasteiger partial charge in [0.15, 0.2) is 0 Å². The highest BCUT2D eigenvalue weighted by molar-refractivity contribution is 5.38. The molecule has 0 amide bonds. The molecule has 0 radical (unpaired) electrons. The van der Waals surface area contributed by atoms with E-state index in [-0.39, 0.29) is 16.7 Å². The summed E-state index contributed by atoms with van der Waals surface area (Å²) >= 11 is 0. The fourth-order valence-electron chi connectivity index (χ4n) is 1.43. The predicted octanol–water partition coefficient (Wildman–Crippen LogP) is 0.963. The first-order valence-corrected chi connectivity index (χ1v) is 3.75. The lowest BCUT2D eigenvalue weighted by molar-refractivity contribution is -0.428. The van der Waals surface area contributed by atoms with Crippen LogP contribution in [0.2, 0.25) is 0 Å². The molecule has 0 aromatic rings. The van der Waals surface area contributed by atoms with Gasteiger partial charge in [0.05, 0.1) is 17.4 Å². The standard InChI is InChI=1S/C8H8N2O2/c11-10(12)7-2-1-6-3-4-9-8(6)5-7/h1-4,8-9H,5H2. The molecule has 1 aliphatic carbocycles. The lowest BCUT2D eigenvalue weighted by atomic mass is 9.99. The zero-order valence-corrected chi connectivity index (χ0v) is 6.36. The molecule has 1 atom stereocenters. The molecule has 0 aromatic carbocycles. The minimum atomic E-state index is -0.326. The van der Waals surface area contributed by atoms with Crippen LogP contribution in [0.3, 0.4) is 0 Å². The van der Waals surface area contributed by atoms with Crippen LogP contribution in [0.15, 0.2) is 35.7 Å². The molecule has 1 aliphatic heterocycles. The molecule has 4 heteroatoms. The first-order valence-electron chi connectivity index (χ1n) is 3.75. The van der Waals surface area contributed by atoms with Gasteiger partial charge < -0.3 is 5.32 Å². The summed E-state index contributed by atoms with van der Waals surface area (Å²) in [6.45, 7) is 0. The van der Waals surface area contributed by atoms with Crippen molar-refractivity contribution >= 4 is 0 Å². The smallest absolute Gasteiger partial charge is 0.248 e. The van der Waals surface area contributed by atoms with Crippen LogP contribution in [-0.4, -0.2) is 11.0 Å². The fourth-order valence-corrected chi connectivity index (χ4v) is 1.43. The van der Waals surface area contributed by atoms with Gasteiger partial charge in [0.2, 0.25) is 5.70 Å². The third-order valence-corrected chi connectivity index (χ3v) is 2.09. The molecule has 12 heavy (non-hydrogen) atoms. The molecule has 1 unspecified atom stereocenters. The fraction of sp³-hybridized carbons (Fsp3) is 0.250. The third-order valence-electron chi connectivity index (χ3n) is 2.09. The van der Waals surface area contributed by atoms with E-state index in [2.05, 4.69) is 5.32 Å². The molecule has 2 aliphatic rings. The summed E-state index contributed by atoms with van der Waals surface area (Å²) in [6, 6.07) is 0.121. The average molecular weight is 164 g/mol. The average Bonchev–Trinajstić information content (AvgIpc) is 2.49. The molecule has 0 spiro atoms. The van der Waals surface area contributed by atoms with Crippen LogP contribution in [0.25, 0.3) is 0 Å². The minimum absolute atomic E-state index is 0.121. The number of nitrogens with one attached hydrogen (secondary N) is 1. The molecule has 0 bridgehead atoms. The molecular formula is C8H8N2O2. The first kappa shape index (κ1) is 7.09. The Labute approximate surface area is 69.4 Å². The third kappa shape index (κ3) is 1.01. The van der Waals surface area contributed by atoms with Gasteiger partial charge in [-0.05, 0) is 17.8 Å². The van der Waals surface area contributed by atoms with Crippen molar-refractivity contribution in [3.8, 4) is 0 Å². The van der Waals surface area contributed by atoms with E-state index in [1.807, 2.05) is 12.3 Å². The molecule has 62 valence electrons. The normalized spacial score (nSPS) is 25.5. The van der Waals surface area contributed by atoms with Gasteiger partial charge >= 0.3 is 0 Å². The van der Waals surface area contributed by atoms with E-state index in [1.165, 1.54) is 0 Å². The number of nitrogens with zero attached hydrogens (tertiary/aromatic N) is 1. The van der Waals surface area contributed by atoms with E-state index < -0.39 is 0 Å². The van der Waals surface area contributed by atoms with Gasteiger partial charge in [0.25, 0.3) is 0 Å². The largest absolute Gasteiger partial charge is 0.383 e. The highest BCUT2D eigenvalue weighted by Gasteiger charge is 2.25. The van der Waals surface area contributed by atoms with Crippen molar-refractivity contribution < 1.29 is 4.92 Å². The summed E-state index contributed by atoms with van der Waals surface area (Å²) in [6.07, 6.45) is 7.61. The maximum atomic E-state index is 10.4. The summed E-state index contributed by atoms with van der Waals surface area (Å²) < 4.78 is 0. The summed E-state index contributed by atoms with van der Waals surface area (Å²) in [5.74, 6) is 0. The Balaban J connectivity index is 2.25. The molecule has 1 N–H and O–H groups in total. The Hall–Kier alpha value is -1.58. The van der Waals surface area contributed by atoms with Crippen molar-refractivity contribution in [2.75, 3.05) is 0 Å². The molecule has 2 rings (SSSR count). The topological polar surface area (TPSA) is 55.2 Å². The van der Waals surface area contributed by atoms with Crippen molar-refractivity contribution in [3.63, 3.8) is 0 Å². The number of fused-ring (bicyclic) bond motifs is 1. The monoisotopic (exact) mass is 164 g/mol. The second kappa shape index (κ2) is 2.48. The van der Waals surface area contributed by atoms with E-state index in [4.69, 9.17) is 0 Å². The van der Waals surface area contributed by atoms with Gasteiger partial charge in [0.1, 0.15) is 0 Å². The van der Waals surface area contributed by atoms with E-state index in [0.29, 0.717) is 6.42 Å². The maximum Gasteiger partial charge on any atom is 0.248 e. The summed E-state index contributed by atoms with van der Waals surface area (Å²) in [5.41, 5.74) is 1.40. The Kier molecular flexibility index (Phi) is 1.46. The van der Waals surface area contributed by atoms with Crippen LogP contribution in [-0.2, 0) is 0 Å². The lowest BCUT2D eigenvalue weighted by Gasteiger charge is -2.14. The van der Waals surface area contributed by atoms with Crippen molar-refractivity contribution in [2.24, 2.45) is 0 Å². The van der Waals surface area contributed by atoms with Crippen LogP contribution in [0.4, 0.5) is 0 Å². The molecule has 0 fully saturated rings. The Morgan fingerprint density at radius 2 is 2.42 bits per heavy atom. The SMILES string of the molecule is O=[N+]([O-])C1=CC=C2C=CNC2C1. The van der Waals surface area contributed by atoms with Crippen LogP contribution in [0.5, 0.6) is 0 Å². The van der Waals surface area contributed by atoms with E-state index in [0.717, 1.165) is 5.57 Å². The summed E-state index contributed by atoms with van der Waals surface area (Å²) in [5, 5.41) is 13.5. The van der Waals surface area contributed by atoms with Crippen molar-refractivity contribution in [3.05, 3.63) is 45.8 Å². The van der Waals surface area contributed by atoms with Crippen molar-refractivity contribution in [1.82, 2.24) is 5.32 Å². The molecule has 1 heterocycles. The van der Waals surface area contributed by atoms with Gasteiger partial charge in [0, 0.05) is 6.08 Å². The highest BCUT2D eigenvalue weighted by atomic mass is 16.6. The van der Waals surface area contributed by atoms with E-state index in [9.17, 15) is 10.1 Å². The van der Waals surface area contributed by atoms with Crippen LogP contribution < -0.4 is 5.32 Å². The zero-order valence-electron chi connectivity index (χ0n) is 6.36. The first-order chi connectivity index (χ1) is 5.77. The van der Waals surface area contributed by atoms with Gasteiger partial charge in [-0.25, -0.2) is 0 Å². The number of allylic oxidation sites excluding steroid dienone is 2. The molecule has 0 aromatic heterocycles. The van der Waals surface area contributed by atoms with Gasteiger partial charge in [-0.2, -0.15) is 0 Å². The van der Waals surface area contributed by atoms with E-state index >= 15 is 0 Å².